The Morgan fingerprint density at radius 3 is 2.41 bits per heavy atom. The van der Waals surface area contributed by atoms with Crippen LogP contribution in [0.25, 0.3) is 10.8 Å². The number of carbonyl (C=O) groups is 1. The number of rotatable bonds is 5. The fourth-order valence-corrected chi connectivity index (χ4v) is 3.43. The molecule has 0 aliphatic heterocycles. The third kappa shape index (κ3) is 3.57. The number of aryl methyl sites for hydroxylation is 1. The van der Waals surface area contributed by atoms with Crippen LogP contribution in [0.15, 0.2) is 58.2 Å². The lowest BCUT2D eigenvalue weighted by molar-refractivity contribution is 0.0939. The Morgan fingerprint density at radius 2 is 1.74 bits per heavy atom. The number of hydrogen-bond acceptors (Lipinski definition) is 5. The number of sulfonamides is 1. The second kappa shape index (κ2) is 7.25. The number of carbonyl (C=O) groups excluding carboxylic acids is 1. The van der Waals surface area contributed by atoms with Gasteiger partial charge in [0.15, 0.2) is 5.69 Å². The predicted molar refractivity (Wildman–Crippen MR) is 95.9 cm³/mol. The van der Waals surface area contributed by atoms with Gasteiger partial charge in [0.1, 0.15) is 10.7 Å². The Morgan fingerprint density at radius 1 is 1.11 bits per heavy atom. The Kier molecular flexibility index (Phi) is 5.02. The van der Waals surface area contributed by atoms with E-state index in [1.807, 2.05) is 10.3 Å². The molecule has 0 saturated carbocycles. The second-order valence-electron chi connectivity index (χ2n) is 5.51. The molecule has 0 atom stereocenters. The molecule has 8 nitrogen and oxygen atoms in total. The first kappa shape index (κ1) is 18.7. The fraction of sp³-hybridized carbons (Fsp3) is 0.118. The molecule has 0 bridgehead atoms. The first-order valence-electron chi connectivity index (χ1n) is 7.91. The lowest BCUT2D eigenvalue weighted by Gasteiger charge is -2.11. The van der Waals surface area contributed by atoms with Crippen molar-refractivity contribution >= 4 is 26.7 Å². The van der Waals surface area contributed by atoms with Crippen LogP contribution in [-0.2, 0) is 16.6 Å². The van der Waals surface area contributed by atoms with Crippen molar-refractivity contribution in [3.8, 4) is 0 Å². The maximum Gasteiger partial charge on any atom is 0.287 e. The number of aromatic nitrogens is 2. The number of fused-ring (bicyclic) bond motifs is 1. The average molecular weight is 390 g/mol. The normalized spacial score (nSPS) is 11.5. The van der Waals surface area contributed by atoms with Crippen LogP contribution in [0.3, 0.4) is 0 Å². The van der Waals surface area contributed by atoms with E-state index in [2.05, 4.69) is 5.10 Å². The van der Waals surface area contributed by atoms with Crippen LogP contribution in [-0.4, -0.2) is 24.1 Å². The highest BCUT2D eigenvalue weighted by Gasteiger charge is 2.21. The molecule has 2 N–H and O–H groups in total. The van der Waals surface area contributed by atoms with Crippen LogP contribution in [0.4, 0.5) is 4.39 Å². The van der Waals surface area contributed by atoms with Gasteiger partial charge in [-0.15, -0.1) is 4.83 Å². The van der Waals surface area contributed by atoms with Crippen LogP contribution in [0.1, 0.15) is 17.4 Å². The minimum Gasteiger partial charge on any atom is -0.272 e. The average Bonchev–Trinajstić information content (AvgIpc) is 2.67. The van der Waals surface area contributed by atoms with Gasteiger partial charge in [-0.05, 0) is 25.1 Å². The molecule has 0 unspecified atom stereocenters. The first-order valence-corrected chi connectivity index (χ1v) is 9.40. The summed E-state index contributed by atoms with van der Waals surface area (Å²) in [4.78, 5) is 26.0. The van der Waals surface area contributed by atoms with Gasteiger partial charge in [0.2, 0.25) is 0 Å². The van der Waals surface area contributed by atoms with Gasteiger partial charge in [-0.1, -0.05) is 30.3 Å². The fourth-order valence-electron chi connectivity index (χ4n) is 2.51. The van der Waals surface area contributed by atoms with E-state index < -0.39 is 26.6 Å². The zero-order valence-corrected chi connectivity index (χ0v) is 15.0. The molecule has 0 aliphatic carbocycles. The molecule has 27 heavy (non-hydrogen) atoms. The molecule has 0 aliphatic rings. The van der Waals surface area contributed by atoms with Gasteiger partial charge in [-0.3, -0.25) is 15.0 Å². The van der Waals surface area contributed by atoms with E-state index in [1.165, 1.54) is 18.2 Å². The summed E-state index contributed by atoms with van der Waals surface area (Å²) in [6.45, 7) is 1.91. The Hall–Kier alpha value is -3.11. The number of halogens is 1. The summed E-state index contributed by atoms with van der Waals surface area (Å²) in [5.41, 5.74) is 1.51. The summed E-state index contributed by atoms with van der Waals surface area (Å²) >= 11 is 0. The van der Waals surface area contributed by atoms with E-state index in [9.17, 15) is 22.4 Å². The number of benzene rings is 2. The summed E-state index contributed by atoms with van der Waals surface area (Å²) in [6, 6.07) is 11.1. The van der Waals surface area contributed by atoms with Crippen molar-refractivity contribution in [3.63, 3.8) is 0 Å². The third-order valence-electron chi connectivity index (χ3n) is 3.81. The van der Waals surface area contributed by atoms with Gasteiger partial charge in [0, 0.05) is 11.9 Å². The SMILES string of the molecule is CCn1nc(C(=O)NNS(=O)(=O)c2ccccc2F)c2ccccc2c1=O. The quantitative estimate of drug-likeness (QED) is 0.636. The van der Waals surface area contributed by atoms with E-state index in [0.717, 1.165) is 16.8 Å². The minimum atomic E-state index is -4.32. The van der Waals surface area contributed by atoms with Crippen LogP contribution < -0.4 is 15.8 Å². The van der Waals surface area contributed by atoms with E-state index in [0.29, 0.717) is 0 Å². The van der Waals surface area contributed by atoms with E-state index in [-0.39, 0.29) is 28.6 Å². The van der Waals surface area contributed by atoms with Crippen molar-refractivity contribution in [1.82, 2.24) is 20.0 Å². The summed E-state index contributed by atoms with van der Waals surface area (Å²) in [5, 5.41) is 4.54. The molecule has 1 heterocycles. The van der Waals surface area contributed by atoms with Crippen molar-refractivity contribution in [1.29, 1.82) is 0 Å². The molecule has 1 aromatic heterocycles. The topological polar surface area (TPSA) is 110 Å². The van der Waals surface area contributed by atoms with E-state index in [1.54, 1.807) is 25.1 Å². The lowest BCUT2D eigenvalue weighted by Crippen LogP contribution is -2.43. The Balaban J connectivity index is 1.95. The van der Waals surface area contributed by atoms with Gasteiger partial charge in [0.25, 0.3) is 21.5 Å². The maximum absolute atomic E-state index is 13.7. The molecule has 3 rings (SSSR count). The molecular formula is C17H15FN4O4S. The van der Waals surface area contributed by atoms with Gasteiger partial charge in [0.05, 0.1) is 5.39 Å². The summed E-state index contributed by atoms with van der Waals surface area (Å²) < 4.78 is 39.2. The van der Waals surface area contributed by atoms with Gasteiger partial charge >= 0.3 is 0 Å². The molecule has 0 radical (unpaired) electrons. The Labute approximate surface area is 153 Å². The zero-order chi connectivity index (χ0) is 19.6. The van der Waals surface area contributed by atoms with Crippen LogP contribution >= 0.6 is 0 Å². The third-order valence-corrected chi connectivity index (χ3v) is 5.09. The molecule has 0 spiro atoms. The predicted octanol–water partition coefficient (Wildman–Crippen LogP) is 1.18. The van der Waals surface area contributed by atoms with E-state index >= 15 is 0 Å². The zero-order valence-electron chi connectivity index (χ0n) is 14.1. The number of hydrazine groups is 1. The van der Waals surface area contributed by atoms with Crippen molar-refractivity contribution in [2.45, 2.75) is 18.4 Å². The van der Waals surface area contributed by atoms with Crippen molar-refractivity contribution in [2.75, 3.05) is 0 Å². The van der Waals surface area contributed by atoms with Crippen LogP contribution in [0, 0.1) is 5.82 Å². The van der Waals surface area contributed by atoms with Crippen molar-refractivity contribution in [2.24, 2.45) is 0 Å². The highest BCUT2D eigenvalue weighted by Crippen LogP contribution is 2.14. The van der Waals surface area contributed by atoms with Gasteiger partial charge in [-0.25, -0.2) is 17.5 Å². The molecule has 2 aromatic carbocycles. The molecule has 1 amide bonds. The van der Waals surface area contributed by atoms with Gasteiger partial charge in [-0.2, -0.15) is 5.10 Å². The smallest absolute Gasteiger partial charge is 0.272 e. The lowest BCUT2D eigenvalue weighted by atomic mass is 10.1. The molecule has 10 heteroatoms. The molecule has 0 saturated heterocycles. The Bertz CT molecular complexity index is 1190. The summed E-state index contributed by atoms with van der Waals surface area (Å²) in [6.07, 6.45) is 0. The number of nitrogens with zero attached hydrogens (tertiary/aromatic N) is 2. The van der Waals surface area contributed by atoms with Crippen LogP contribution in [0.2, 0.25) is 0 Å². The van der Waals surface area contributed by atoms with Crippen molar-refractivity contribution < 1.29 is 17.6 Å². The number of hydrogen-bond donors (Lipinski definition) is 2. The summed E-state index contributed by atoms with van der Waals surface area (Å²) in [7, 11) is -4.32. The van der Waals surface area contributed by atoms with E-state index in [4.69, 9.17) is 0 Å². The number of nitrogens with one attached hydrogen (secondary N) is 2. The standard InChI is InChI=1S/C17H15FN4O4S/c1-2-22-17(24)12-8-4-3-7-11(12)15(20-22)16(23)19-21-27(25,26)14-10-6-5-9-13(14)18/h3-10,21H,2H2,1H3,(H,19,23). The maximum atomic E-state index is 13.7. The molecule has 3 aromatic rings. The monoisotopic (exact) mass is 390 g/mol. The largest absolute Gasteiger partial charge is 0.287 e. The van der Waals surface area contributed by atoms with Crippen molar-refractivity contribution in [3.05, 3.63) is 70.4 Å². The molecule has 140 valence electrons. The second-order valence-corrected chi connectivity index (χ2v) is 7.16. The highest BCUT2D eigenvalue weighted by molar-refractivity contribution is 7.89. The minimum absolute atomic E-state index is 0.136. The van der Waals surface area contributed by atoms with Gasteiger partial charge < -0.3 is 0 Å². The molecule has 0 fully saturated rings. The highest BCUT2D eigenvalue weighted by atomic mass is 32.2. The first-order chi connectivity index (χ1) is 12.8. The van der Waals surface area contributed by atoms with Crippen LogP contribution in [0.5, 0.6) is 0 Å². The number of amides is 1. The summed E-state index contributed by atoms with van der Waals surface area (Å²) in [5.74, 6) is -1.84. The molecular weight excluding hydrogens is 375 g/mol.